The normalized spacial score (nSPS) is 11.4. The van der Waals surface area contributed by atoms with Crippen LogP contribution in [0.25, 0.3) is 22.0 Å². The van der Waals surface area contributed by atoms with E-state index in [-0.39, 0.29) is 0 Å². The number of alkyl halides is 3. The van der Waals surface area contributed by atoms with Crippen molar-refractivity contribution in [3.05, 3.63) is 60.7 Å². The minimum atomic E-state index is -4.55. The maximum absolute atomic E-state index is 12.5. The van der Waals surface area contributed by atoms with E-state index in [0.717, 1.165) is 32.5 Å². The molecule has 0 atom stereocenters. The minimum absolute atomic E-state index is 0.356. The van der Waals surface area contributed by atoms with Gasteiger partial charge in [-0.1, -0.05) is 12.1 Å². The van der Waals surface area contributed by atoms with Crippen molar-refractivity contribution in [3.63, 3.8) is 0 Å². The van der Waals surface area contributed by atoms with Crippen LogP contribution in [0.4, 0.5) is 30.4 Å². The van der Waals surface area contributed by atoms with E-state index in [1.54, 1.807) is 58.9 Å². The van der Waals surface area contributed by atoms with Crippen LogP contribution in [0, 0.1) is 6.92 Å². The van der Waals surface area contributed by atoms with Crippen molar-refractivity contribution in [3.8, 4) is 11.1 Å². The molecule has 9 nitrogen and oxygen atoms in total. The standard InChI is InChI=1S/C25H24F3N7O2/c1-16-5-4-6-20(35(15-36)13-23(37)31-14-25(26,27)28)24(16)33(2)22-8-7-17(9-30-22)18-10-29-12-21-19(18)11-32-34(21)3/h4-12,15H,13-14H2,1-3H3,(H,31,37). The van der Waals surface area contributed by atoms with E-state index in [4.69, 9.17) is 0 Å². The number of hydrogen-bond donors (Lipinski definition) is 1. The van der Waals surface area contributed by atoms with E-state index in [9.17, 15) is 22.8 Å². The van der Waals surface area contributed by atoms with E-state index >= 15 is 0 Å². The van der Waals surface area contributed by atoms with Crippen molar-refractivity contribution in [2.24, 2.45) is 7.05 Å². The largest absolute Gasteiger partial charge is 0.405 e. The zero-order chi connectivity index (χ0) is 26.7. The number of nitrogens with one attached hydrogen (secondary N) is 1. The van der Waals surface area contributed by atoms with Crippen molar-refractivity contribution >= 4 is 40.4 Å². The van der Waals surface area contributed by atoms with Gasteiger partial charge < -0.3 is 15.1 Å². The molecule has 3 heterocycles. The molecule has 1 N–H and O–H groups in total. The summed E-state index contributed by atoms with van der Waals surface area (Å²) in [5.41, 5.74) is 4.31. The average Bonchev–Trinajstić information content (AvgIpc) is 3.26. The van der Waals surface area contributed by atoms with Crippen LogP contribution < -0.4 is 15.1 Å². The third-order valence-electron chi connectivity index (χ3n) is 5.87. The Bertz CT molecular complexity index is 1430. The Morgan fingerprint density at radius 2 is 1.92 bits per heavy atom. The highest BCUT2D eigenvalue weighted by molar-refractivity contribution is 5.95. The van der Waals surface area contributed by atoms with Crippen LogP contribution in [-0.2, 0) is 16.6 Å². The molecule has 0 radical (unpaired) electrons. The topological polar surface area (TPSA) is 96.3 Å². The number of carbonyl (C=O) groups excluding carboxylic acids is 2. The van der Waals surface area contributed by atoms with Crippen molar-refractivity contribution in [2.45, 2.75) is 13.1 Å². The molecule has 0 aliphatic rings. The second kappa shape index (κ2) is 10.2. The van der Waals surface area contributed by atoms with Crippen molar-refractivity contribution < 1.29 is 22.8 Å². The number of nitrogens with zero attached hydrogens (tertiary/aromatic N) is 6. The fraction of sp³-hybridized carbons (Fsp3) is 0.240. The maximum Gasteiger partial charge on any atom is 0.405 e. The molecule has 4 aromatic rings. The molecular formula is C25H24F3N7O2. The Kier molecular flexibility index (Phi) is 7.09. The summed E-state index contributed by atoms with van der Waals surface area (Å²) in [7, 11) is 3.59. The number of aromatic nitrogens is 4. The molecule has 3 aromatic heterocycles. The van der Waals surface area contributed by atoms with Gasteiger partial charge in [0.05, 0.1) is 29.3 Å². The summed E-state index contributed by atoms with van der Waals surface area (Å²) in [6, 6.07) is 8.84. The molecular weight excluding hydrogens is 487 g/mol. The van der Waals surface area contributed by atoms with Gasteiger partial charge in [-0.25, -0.2) is 4.98 Å². The smallest absolute Gasteiger partial charge is 0.345 e. The van der Waals surface area contributed by atoms with Crippen molar-refractivity contribution in [1.29, 1.82) is 0 Å². The molecule has 2 amide bonds. The fourth-order valence-corrected chi connectivity index (χ4v) is 4.05. The number of hydrogen-bond acceptors (Lipinski definition) is 6. The number of benzene rings is 1. The van der Waals surface area contributed by atoms with Crippen LogP contribution in [0.15, 0.2) is 55.1 Å². The summed E-state index contributed by atoms with van der Waals surface area (Å²) in [4.78, 5) is 35.6. The van der Waals surface area contributed by atoms with Crippen LogP contribution in [0.3, 0.4) is 0 Å². The molecule has 0 aliphatic carbocycles. The van der Waals surface area contributed by atoms with E-state index in [0.29, 0.717) is 23.6 Å². The van der Waals surface area contributed by atoms with Gasteiger partial charge in [-0.15, -0.1) is 0 Å². The van der Waals surface area contributed by atoms with Crippen LogP contribution in [-0.4, -0.2) is 58.4 Å². The highest BCUT2D eigenvalue weighted by atomic mass is 19.4. The van der Waals surface area contributed by atoms with Gasteiger partial charge in [0, 0.05) is 43.0 Å². The predicted octanol–water partition coefficient (Wildman–Crippen LogP) is 3.75. The highest BCUT2D eigenvalue weighted by Gasteiger charge is 2.28. The number of anilines is 3. The zero-order valence-electron chi connectivity index (χ0n) is 20.3. The van der Waals surface area contributed by atoms with Gasteiger partial charge >= 0.3 is 6.18 Å². The Labute approximate surface area is 210 Å². The predicted molar refractivity (Wildman–Crippen MR) is 133 cm³/mol. The molecule has 37 heavy (non-hydrogen) atoms. The number of aryl methyl sites for hydroxylation is 2. The monoisotopic (exact) mass is 511 g/mol. The fourth-order valence-electron chi connectivity index (χ4n) is 4.05. The molecule has 12 heteroatoms. The Morgan fingerprint density at radius 3 is 2.59 bits per heavy atom. The summed E-state index contributed by atoms with van der Waals surface area (Å²) in [6.45, 7) is -0.221. The zero-order valence-corrected chi connectivity index (χ0v) is 20.3. The van der Waals surface area contributed by atoms with E-state index < -0.39 is 25.2 Å². The van der Waals surface area contributed by atoms with Gasteiger partial charge in [-0.2, -0.15) is 18.3 Å². The quantitative estimate of drug-likeness (QED) is 0.362. The molecule has 192 valence electrons. The maximum atomic E-state index is 12.5. The second-order valence-electron chi connectivity index (χ2n) is 8.42. The Hall–Kier alpha value is -4.48. The van der Waals surface area contributed by atoms with Crippen molar-refractivity contribution in [1.82, 2.24) is 25.1 Å². The molecule has 4 rings (SSSR count). The summed E-state index contributed by atoms with van der Waals surface area (Å²) in [6.07, 6.45) is 2.82. The molecule has 1 aromatic carbocycles. The van der Waals surface area contributed by atoms with Gasteiger partial charge in [0.15, 0.2) is 0 Å². The van der Waals surface area contributed by atoms with Crippen LogP contribution in [0.1, 0.15) is 5.56 Å². The molecule has 0 saturated carbocycles. The number of amides is 2. The van der Waals surface area contributed by atoms with Gasteiger partial charge in [-0.05, 0) is 30.7 Å². The lowest BCUT2D eigenvalue weighted by Gasteiger charge is -2.28. The SMILES string of the molecule is Cc1cccc(N(C=O)CC(=O)NCC(F)(F)F)c1N(C)c1ccc(-c2cncc3c2cnn3C)cn1. The average molecular weight is 512 g/mol. The molecule has 0 fully saturated rings. The summed E-state index contributed by atoms with van der Waals surface area (Å²) in [5, 5.41) is 7.01. The first-order valence-electron chi connectivity index (χ1n) is 11.2. The number of rotatable bonds is 8. The summed E-state index contributed by atoms with van der Waals surface area (Å²) >= 11 is 0. The van der Waals surface area contributed by atoms with Crippen molar-refractivity contribution in [2.75, 3.05) is 29.9 Å². The van der Waals surface area contributed by atoms with E-state index in [2.05, 4.69) is 15.1 Å². The number of pyridine rings is 2. The first-order valence-corrected chi connectivity index (χ1v) is 11.2. The van der Waals surface area contributed by atoms with E-state index in [1.807, 2.05) is 32.2 Å². The summed E-state index contributed by atoms with van der Waals surface area (Å²) in [5.74, 6) is -0.377. The van der Waals surface area contributed by atoms with Gasteiger partial charge in [0.25, 0.3) is 0 Å². The number of carbonyl (C=O) groups is 2. The second-order valence-corrected chi connectivity index (χ2v) is 8.42. The molecule has 0 unspecified atom stereocenters. The molecule has 0 saturated heterocycles. The molecule has 0 aliphatic heterocycles. The summed E-state index contributed by atoms with van der Waals surface area (Å²) < 4.78 is 39.1. The first kappa shape index (κ1) is 25.6. The lowest BCUT2D eigenvalue weighted by Crippen LogP contribution is -2.41. The third-order valence-corrected chi connectivity index (χ3v) is 5.87. The lowest BCUT2D eigenvalue weighted by atomic mass is 10.1. The van der Waals surface area contributed by atoms with Crippen LogP contribution in [0.5, 0.6) is 0 Å². The van der Waals surface area contributed by atoms with Gasteiger partial charge in [-0.3, -0.25) is 19.3 Å². The Morgan fingerprint density at radius 1 is 1.14 bits per heavy atom. The first-order chi connectivity index (χ1) is 17.6. The molecule has 0 bridgehead atoms. The number of para-hydroxylation sites is 1. The number of halogens is 3. The van der Waals surface area contributed by atoms with E-state index in [1.165, 1.54) is 0 Å². The lowest BCUT2D eigenvalue weighted by molar-refractivity contribution is -0.137. The number of fused-ring (bicyclic) bond motifs is 1. The van der Waals surface area contributed by atoms with Crippen LogP contribution in [0.2, 0.25) is 0 Å². The minimum Gasteiger partial charge on any atom is -0.345 e. The highest BCUT2D eigenvalue weighted by Crippen LogP contribution is 2.36. The van der Waals surface area contributed by atoms with Crippen LogP contribution >= 0.6 is 0 Å². The molecule has 0 spiro atoms. The Balaban J connectivity index is 1.61. The third kappa shape index (κ3) is 5.52. The van der Waals surface area contributed by atoms with Gasteiger partial charge in [0.1, 0.15) is 18.9 Å². The van der Waals surface area contributed by atoms with Gasteiger partial charge in [0.2, 0.25) is 12.3 Å².